The van der Waals surface area contributed by atoms with Crippen LogP contribution < -0.4 is 10.1 Å². The van der Waals surface area contributed by atoms with Gasteiger partial charge in [0.05, 0.1) is 10.7 Å². The van der Waals surface area contributed by atoms with Crippen LogP contribution in [0.3, 0.4) is 0 Å². The topological polar surface area (TPSA) is 56.2 Å². The number of aryl methyl sites for hydroxylation is 1. The Bertz CT molecular complexity index is 923. The molecule has 0 aliphatic heterocycles. The molecule has 5 nitrogen and oxygen atoms in total. The normalized spacial score (nSPS) is 10.6. The predicted octanol–water partition coefficient (Wildman–Crippen LogP) is 4.13. The molecule has 0 atom stereocenters. The Kier molecular flexibility index (Phi) is 6.37. The number of carbonyl (C=O) groups excluding carboxylic acids is 1. The summed E-state index contributed by atoms with van der Waals surface area (Å²) in [6.45, 7) is 0.433. The van der Waals surface area contributed by atoms with Crippen molar-refractivity contribution >= 4 is 29.1 Å². The van der Waals surface area contributed by atoms with Crippen molar-refractivity contribution in [2.24, 2.45) is 7.05 Å². The van der Waals surface area contributed by atoms with Crippen LogP contribution in [0.15, 0.2) is 54.7 Å². The van der Waals surface area contributed by atoms with Crippen molar-refractivity contribution in [1.82, 2.24) is 15.1 Å². The number of hydrogen-bond acceptors (Lipinski definition) is 3. The third kappa shape index (κ3) is 5.25. The van der Waals surface area contributed by atoms with E-state index in [1.54, 1.807) is 24.4 Å². The fraction of sp³-hybridized carbons (Fsp3) is 0.200. The summed E-state index contributed by atoms with van der Waals surface area (Å²) in [5.74, 6) is 0.231. The Labute approximate surface area is 167 Å². The first kappa shape index (κ1) is 19.3. The number of ether oxygens (including phenoxy) is 1. The number of carbonyl (C=O) groups is 1. The number of nitrogens with one attached hydrogen (secondary N) is 1. The standard InChI is InChI=1S/C20H19Cl2N3O2/c1-25-18(9-11-24-25)15-4-2-14(3-5-15)8-10-23-20(26)13-27-19-7-6-16(21)12-17(19)22/h2-7,9,11-12H,8,10,13H2,1H3,(H,23,26). The Morgan fingerprint density at radius 3 is 2.59 bits per heavy atom. The summed E-state index contributed by atoms with van der Waals surface area (Å²) in [5, 5.41) is 7.91. The summed E-state index contributed by atoms with van der Waals surface area (Å²) >= 11 is 11.8. The van der Waals surface area contributed by atoms with Gasteiger partial charge in [-0.15, -0.1) is 0 Å². The van der Waals surface area contributed by atoms with Gasteiger partial charge in [0.25, 0.3) is 5.91 Å². The van der Waals surface area contributed by atoms with E-state index in [2.05, 4.69) is 34.7 Å². The molecule has 27 heavy (non-hydrogen) atoms. The molecule has 1 aromatic heterocycles. The fourth-order valence-corrected chi connectivity index (χ4v) is 3.10. The van der Waals surface area contributed by atoms with Gasteiger partial charge in [-0.3, -0.25) is 9.48 Å². The zero-order valence-electron chi connectivity index (χ0n) is 14.8. The van der Waals surface area contributed by atoms with E-state index < -0.39 is 0 Å². The third-order valence-electron chi connectivity index (χ3n) is 4.06. The van der Waals surface area contributed by atoms with E-state index in [1.807, 2.05) is 17.8 Å². The van der Waals surface area contributed by atoms with E-state index in [4.69, 9.17) is 27.9 Å². The number of rotatable bonds is 7. The van der Waals surface area contributed by atoms with Crippen LogP contribution in [0.4, 0.5) is 0 Å². The molecule has 2 aromatic carbocycles. The summed E-state index contributed by atoms with van der Waals surface area (Å²) in [6, 6.07) is 15.1. The van der Waals surface area contributed by atoms with E-state index in [-0.39, 0.29) is 12.5 Å². The van der Waals surface area contributed by atoms with Gasteiger partial charge in [-0.2, -0.15) is 5.10 Å². The maximum atomic E-state index is 11.9. The summed E-state index contributed by atoms with van der Waals surface area (Å²) in [5.41, 5.74) is 3.31. The predicted molar refractivity (Wildman–Crippen MR) is 107 cm³/mol. The van der Waals surface area contributed by atoms with Gasteiger partial charge in [0.1, 0.15) is 5.75 Å². The summed E-state index contributed by atoms with van der Waals surface area (Å²) < 4.78 is 7.25. The van der Waals surface area contributed by atoms with Crippen molar-refractivity contribution in [3.8, 4) is 17.0 Å². The van der Waals surface area contributed by atoms with Crippen LogP contribution in [0.1, 0.15) is 5.56 Å². The Morgan fingerprint density at radius 2 is 1.93 bits per heavy atom. The minimum Gasteiger partial charge on any atom is -0.482 e. The first-order chi connectivity index (χ1) is 13.0. The zero-order chi connectivity index (χ0) is 19.2. The second kappa shape index (κ2) is 8.93. The second-order valence-corrected chi connectivity index (χ2v) is 6.84. The SMILES string of the molecule is Cn1nccc1-c1ccc(CCNC(=O)COc2ccc(Cl)cc2Cl)cc1. The lowest BCUT2D eigenvalue weighted by molar-refractivity contribution is -0.123. The Morgan fingerprint density at radius 1 is 1.15 bits per heavy atom. The lowest BCUT2D eigenvalue weighted by atomic mass is 10.1. The molecule has 0 bridgehead atoms. The smallest absolute Gasteiger partial charge is 0.257 e. The molecule has 7 heteroatoms. The molecule has 0 spiro atoms. The molecule has 0 saturated carbocycles. The van der Waals surface area contributed by atoms with Crippen molar-refractivity contribution in [2.45, 2.75) is 6.42 Å². The molecule has 140 valence electrons. The lowest BCUT2D eigenvalue weighted by Crippen LogP contribution is -2.30. The first-order valence-corrected chi connectivity index (χ1v) is 9.20. The lowest BCUT2D eigenvalue weighted by Gasteiger charge is -2.09. The summed E-state index contributed by atoms with van der Waals surface area (Å²) in [7, 11) is 1.91. The number of aromatic nitrogens is 2. The second-order valence-electron chi connectivity index (χ2n) is 6.00. The number of halogens is 2. The zero-order valence-corrected chi connectivity index (χ0v) is 16.3. The van der Waals surface area contributed by atoms with Gasteiger partial charge in [-0.1, -0.05) is 47.5 Å². The number of benzene rings is 2. The van der Waals surface area contributed by atoms with Gasteiger partial charge in [0.2, 0.25) is 0 Å². The summed E-state index contributed by atoms with van der Waals surface area (Å²) in [4.78, 5) is 11.9. The van der Waals surface area contributed by atoms with Crippen molar-refractivity contribution in [3.63, 3.8) is 0 Å². The molecule has 1 N–H and O–H groups in total. The van der Waals surface area contributed by atoms with Crippen molar-refractivity contribution < 1.29 is 9.53 Å². The average molecular weight is 404 g/mol. The molecule has 0 radical (unpaired) electrons. The highest BCUT2D eigenvalue weighted by Gasteiger charge is 2.07. The maximum absolute atomic E-state index is 11.9. The summed E-state index contributed by atoms with van der Waals surface area (Å²) in [6.07, 6.45) is 2.51. The largest absolute Gasteiger partial charge is 0.482 e. The van der Waals surface area contributed by atoms with Gasteiger partial charge >= 0.3 is 0 Å². The maximum Gasteiger partial charge on any atom is 0.257 e. The van der Waals surface area contributed by atoms with E-state index in [0.717, 1.165) is 23.2 Å². The van der Waals surface area contributed by atoms with E-state index in [9.17, 15) is 4.79 Å². The van der Waals surface area contributed by atoms with Crippen molar-refractivity contribution in [2.75, 3.05) is 13.2 Å². The number of nitrogens with zero attached hydrogens (tertiary/aromatic N) is 2. The third-order valence-corrected chi connectivity index (χ3v) is 4.59. The van der Waals surface area contributed by atoms with Crippen LogP contribution in [0.5, 0.6) is 5.75 Å². The molecule has 0 unspecified atom stereocenters. The molecule has 1 heterocycles. The molecule has 0 saturated heterocycles. The Balaban J connectivity index is 1.44. The molecule has 0 aliphatic rings. The van der Waals surface area contributed by atoms with Crippen LogP contribution in [0, 0.1) is 0 Å². The van der Waals surface area contributed by atoms with Crippen LogP contribution >= 0.6 is 23.2 Å². The molecular weight excluding hydrogens is 385 g/mol. The average Bonchev–Trinajstić information content (AvgIpc) is 3.07. The van der Waals surface area contributed by atoms with Crippen molar-refractivity contribution in [3.05, 3.63) is 70.3 Å². The minimum absolute atomic E-state index is 0.0964. The van der Waals surface area contributed by atoms with E-state index in [1.165, 1.54) is 0 Å². The van der Waals surface area contributed by atoms with E-state index >= 15 is 0 Å². The fourth-order valence-electron chi connectivity index (χ4n) is 2.63. The first-order valence-electron chi connectivity index (χ1n) is 8.45. The molecule has 0 aliphatic carbocycles. The number of hydrogen-bond donors (Lipinski definition) is 1. The minimum atomic E-state index is -0.201. The molecule has 3 aromatic rings. The molecule has 3 rings (SSSR count). The van der Waals surface area contributed by atoms with Gasteiger partial charge in [0, 0.05) is 24.8 Å². The van der Waals surface area contributed by atoms with Crippen LogP contribution in [0.2, 0.25) is 10.0 Å². The van der Waals surface area contributed by atoms with Crippen LogP contribution in [0.25, 0.3) is 11.3 Å². The highest BCUT2D eigenvalue weighted by atomic mass is 35.5. The highest BCUT2D eigenvalue weighted by molar-refractivity contribution is 6.35. The quantitative estimate of drug-likeness (QED) is 0.644. The molecule has 0 fully saturated rings. The van der Waals surface area contributed by atoms with Gasteiger partial charge in [-0.05, 0) is 41.8 Å². The molecule has 1 amide bonds. The highest BCUT2D eigenvalue weighted by Crippen LogP contribution is 2.27. The van der Waals surface area contributed by atoms with Crippen LogP contribution in [-0.4, -0.2) is 28.8 Å². The monoisotopic (exact) mass is 403 g/mol. The van der Waals surface area contributed by atoms with Gasteiger partial charge in [0.15, 0.2) is 6.61 Å². The molecular formula is C20H19Cl2N3O2. The Hall–Kier alpha value is -2.50. The van der Waals surface area contributed by atoms with E-state index in [0.29, 0.717) is 22.3 Å². The van der Waals surface area contributed by atoms with Crippen molar-refractivity contribution in [1.29, 1.82) is 0 Å². The van der Waals surface area contributed by atoms with Gasteiger partial charge in [-0.25, -0.2) is 0 Å². The number of amides is 1. The van der Waals surface area contributed by atoms with Crippen LogP contribution in [-0.2, 0) is 18.3 Å². The van der Waals surface area contributed by atoms with Gasteiger partial charge < -0.3 is 10.1 Å².